The third kappa shape index (κ3) is 4.51. The van der Waals surface area contributed by atoms with E-state index in [1.165, 1.54) is 0 Å². The lowest BCUT2D eigenvalue weighted by atomic mass is 10.3. The molecule has 0 heterocycles. The molecule has 84 valence electrons. The van der Waals surface area contributed by atoms with Crippen molar-refractivity contribution in [1.82, 2.24) is 9.80 Å². The van der Waals surface area contributed by atoms with Gasteiger partial charge in [-0.25, -0.2) is 0 Å². The van der Waals surface area contributed by atoms with Crippen LogP contribution in [0.15, 0.2) is 11.5 Å². The molecule has 0 saturated carbocycles. The minimum atomic E-state index is 0.391. The second-order valence-electron chi connectivity index (χ2n) is 4.32. The highest BCUT2D eigenvalue weighted by atomic mass is 16.3. The van der Waals surface area contributed by atoms with Crippen molar-refractivity contribution < 1.29 is 5.11 Å². The normalized spacial score (nSPS) is 10.9. The molecule has 0 aromatic heterocycles. The monoisotopic (exact) mass is 200 g/mol. The first-order valence-corrected chi connectivity index (χ1v) is 5.14. The Bertz CT molecular complexity index is 195. The smallest absolute Gasteiger partial charge is 0.185 e. The van der Waals surface area contributed by atoms with Crippen LogP contribution >= 0.6 is 0 Å². The molecule has 0 radical (unpaired) electrons. The number of aliphatic hydroxyl groups is 1. The van der Waals surface area contributed by atoms with Gasteiger partial charge in [0.1, 0.15) is 0 Å². The van der Waals surface area contributed by atoms with Gasteiger partial charge in [0.25, 0.3) is 0 Å². The van der Waals surface area contributed by atoms with E-state index in [2.05, 4.69) is 25.8 Å². The van der Waals surface area contributed by atoms with Gasteiger partial charge in [-0.05, 0) is 40.3 Å². The van der Waals surface area contributed by atoms with Crippen LogP contribution in [0.1, 0.15) is 27.7 Å². The molecule has 0 aromatic carbocycles. The Balaban J connectivity index is 3.97. The van der Waals surface area contributed by atoms with Crippen molar-refractivity contribution in [3.05, 3.63) is 11.5 Å². The summed E-state index contributed by atoms with van der Waals surface area (Å²) in [5.74, 6) is 0.391. The zero-order chi connectivity index (χ0) is 11.3. The molecule has 0 saturated heterocycles. The van der Waals surface area contributed by atoms with Crippen LogP contribution < -0.4 is 0 Å². The first kappa shape index (κ1) is 13.3. The molecule has 0 rings (SSSR count). The molecule has 0 fully saturated rings. The van der Waals surface area contributed by atoms with Gasteiger partial charge < -0.3 is 14.9 Å². The second kappa shape index (κ2) is 5.91. The van der Waals surface area contributed by atoms with E-state index >= 15 is 0 Å². The van der Waals surface area contributed by atoms with E-state index in [-0.39, 0.29) is 0 Å². The van der Waals surface area contributed by atoms with E-state index in [0.717, 1.165) is 18.7 Å². The summed E-state index contributed by atoms with van der Waals surface area (Å²) < 4.78 is 0. The van der Waals surface area contributed by atoms with Gasteiger partial charge in [0.2, 0.25) is 0 Å². The molecule has 0 aromatic rings. The predicted octanol–water partition coefficient (Wildman–Crippen LogP) is 2.07. The lowest BCUT2D eigenvalue weighted by molar-refractivity contribution is 0.189. The van der Waals surface area contributed by atoms with Gasteiger partial charge in [-0.3, -0.25) is 0 Å². The lowest BCUT2D eigenvalue weighted by Crippen LogP contribution is -2.34. The molecule has 0 spiro atoms. The van der Waals surface area contributed by atoms with E-state index < -0.39 is 0 Å². The summed E-state index contributed by atoms with van der Waals surface area (Å²) in [5.41, 5.74) is 0.958. The fraction of sp³-hybridized carbons (Fsp3) is 0.818. The minimum Gasteiger partial charge on any atom is -0.495 e. The molecular formula is C11H24N2O. The number of nitrogens with zero attached hydrogens (tertiary/aromatic N) is 2. The van der Waals surface area contributed by atoms with Crippen molar-refractivity contribution in [2.75, 3.05) is 27.2 Å². The molecule has 0 aliphatic heterocycles. The average Bonchev–Trinajstić information content (AvgIpc) is 2.11. The van der Waals surface area contributed by atoms with Crippen molar-refractivity contribution in [1.29, 1.82) is 0 Å². The maximum atomic E-state index is 9.63. The summed E-state index contributed by atoms with van der Waals surface area (Å²) in [6.45, 7) is 9.98. The number of hydrogen-bond acceptors (Lipinski definition) is 3. The largest absolute Gasteiger partial charge is 0.495 e. The zero-order valence-electron chi connectivity index (χ0n) is 10.3. The predicted molar refractivity (Wildman–Crippen MR) is 61.4 cm³/mol. The Labute approximate surface area is 88.0 Å². The van der Waals surface area contributed by atoms with E-state index in [1.54, 1.807) is 0 Å². The summed E-state index contributed by atoms with van der Waals surface area (Å²) in [6.07, 6.45) is 0. The third-order valence-corrected chi connectivity index (χ3v) is 2.48. The Hall–Kier alpha value is -0.700. The number of rotatable bonds is 5. The molecule has 1 N–H and O–H groups in total. The fourth-order valence-electron chi connectivity index (χ4n) is 1.05. The number of likely N-dealkylation sites (N-methyl/N-ethyl adjacent to an activating group) is 2. The number of allylic oxidation sites excluding steroid dienone is 1. The molecule has 3 heteroatoms. The maximum Gasteiger partial charge on any atom is 0.185 e. The summed E-state index contributed by atoms with van der Waals surface area (Å²) >= 11 is 0. The Kier molecular flexibility index (Phi) is 5.62. The van der Waals surface area contributed by atoms with Crippen LogP contribution in [-0.4, -0.2) is 48.1 Å². The van der Waals surface area contributed by atoms with Gasteiger partial charge in [0, 0.05) is 26.2 Å². The van der Waals surface area contributed by atoms with E-state index in [0.29, 0.717) is 11.9 Å². The van der Waals surface area contributed by atoms with Crippen LogP contribution in [0, 0.1) is 0 Å². The molecule has 3 nitrogen and oxygen atoms in total. The molecule has 0 aliphatic carbocycles. The minimum absolute atomic E-state index is 0.391. The highest BCUT2D eigenvalue weighted by molar-refractivity contribution is 4.99. The van der Waals surface area contributed by atoms with Crippen molar-refractivity contribution in [2.24, 2.45) is 0 Å². The summed E-state index contributed by atoms with van der Waals surface area (Å²) in [6, 6.07) is 0.553. The maximum absolute atomic E-state index is 9.63. The quantitative estimate of drug-likeness (QED) is 0.688. The van der Waals surface area contributed by atoms with Crippen molar-refractivity contribution in [3.63, 3.8) is 0 Å². The van der Waals surface area contributed by atoms with Gasteiger partial charge in [0.15, 0.2) is 5.88 Å². The highest BCUT2D eigenvalue weighted by Gasteiger charge is 2.07. The Morgan fingerprint density at radius 3 is 2.00 bits per heavy atom. The Morgan fingerprint density at radius 1 is 1.14 bits per heavy atom. The van der Waals surface area contributed by atoms with Crippen molar-refractivity contribution in [2.45, 2.75) is 33.7 Å². The molecule has 0 amide bonds. The lowest BCUT2D eigenvalue weighted by Gasteiger charge is -2.25. The molecule has 0 unspecified atom stereocenters. The van der Waals surface area contributed by atoms with Crippen LogP contribution in [0.3, 0.4) is 0 Å². The molecular weight excluding hydrogens is 176 g/mol. The molecule has 14 heavy (non-hydrogen) atoms. The SMILES string of the molecule is CC(C)=C(O)N(C)CCN(C)C(C)C. The van der Waals surface area contributed by atoms with E-state index in [1.807, 2.05) is 25.8 Å². The zero-order valence-corrected chi connectivity index (χ0v) is 10.3. The Morgan fingerprint density at radius 2 is 1.64 bits per heavy atom. The van der Waals surface area contributed by atoms with Crippen LogP contribution in [0.4, 0.5) is 0 Å². The topological polar surface area (TPSA) is 26.7 Å². The molecule has 0 bridgehead atoms. The molecule has 0 atom stereocenters. The van der Waals surface area contributed by atoms with Gasteiger partial charge >= 0.3 is 0 Å². The highest BCUT2D eigenvalue weighted by Crippen LogP contribution is 2.04. The summed E-state index contributed by atoms with van der Waals surface area (Å²) in [5, 5.41) is 9.63. The number of hydrogen-bond donors (Lipinski definition) is 1. The van der Waals surface area contributed by atoms with Crippen molar-refractivity contribution in [3.8, 4) is 0 Å². The van der Waals surface area contributed by atoms with Crippen LogP contribution in [0.25, 0.3) is 0 Å². The molecule has 0 aliphatic rings. The van der Waals surface area contributed by atoms with Crippen molar-refractivity contribution >= 4 is 0 Å². The van der Waals surface area contributed by atoms with Gasteiger partial charge in [0.05, 0.1) is 0 Å². The first-order valence-electron chi connectivity index (χ1n) is 5.14. The van der Waals surface area contributed by atoms with Crippen LogP contribution in [0.2, 0.25) is 0 Å². The summed E-state index contributed by atoms with van der Waals surface area (Å²) in [4.78, 5) is 4.14. The van der Waals surface area contributed by atoms with Crippen LogP contribution in [-0.2, 0) is 0 Å². The van der Waals surface area contributed by atoms with Gasteiger partial charge in [-0.1, -0.05) is 0 Å². The van der Waals surface area contributed by atoms with Gasteiger partial charge in [-0.2, -0.15) is 0 Å². The second-order valence-corrected chi connectivity index (χ2v) is 4.32. The average molecular weight is 200 g/mol. The van der Waals surface area contributed by atoms with Crippen LogP contribution in [0.5, 0.6) is 0 Å². The fourth-order valence-corrected chi connectivity index (χ4v) is 1.05. The summed E-state index contributed by atoms with van der Waals surface area (Å²) in [7, 11) is 4.01. The third-order valence-electron chi connectivity index (χ3n) is 2.48. The first-order chi connectivity index (χ1) is 6.36. The van der Waals surface area contributed by atoms with Gasteiger partial charge in [-0.15, -0.1) is 0 Å². The van der Waals surface area contributed by atoms with E-state index in [4.69, 9.17) is 0 Å². The van der Waals surface area contributed by atoms with E-state index in [9.17, 15) is 5.11 Å². The number of aliphatic hydroxyl groups excluding tert-OH is 1. The standard InChI is InChI=1S/C11H24N2O/c1-9(2)11(14)13(6)8-7-12(5)10(3)4/h10,14H,7-8H2,1-6H3.